The SMILES string of the molecule is N#CNC1=NC(c2cc([N+](=O)[O-])ccc2SCc2ccc(Cl)cc2)c2c(nc(N)c(C#N)c2N)N1. The molecule has 1 aliphatic heterocycles. The molecule has 0 saturated carbocycles. The predicted molar refractivity (Wildman–Crippen MR) is 134 cm³/mol. The van der Waals surface area contributed by atoms with Gasteiger partial charge in [0.25, 0.3) is 5.69 Å². The van der Waals surface area contributed by atoms with Gasteiger partial charge in [0.2, 0.25) is 5.96 Å². The highest BCUT2D eigenvalue weighted by Gasteiger charge is 2.32. The van der Waals surface area contributed by atoms with Gasteiger partial charge in [-0.1, -0.05) is 23.7 Å². The van der Waals surface area contributed by atoms with Gasteiger partial charge in [-0.25, -0.2) is 9.98 Å². The van der Waals surface area contributed by atoms with Crippen LogP contribution in [0.3, 0.4) is 0 Å². The number of benzene rings is 2. The molecule has 0 fully saturated rings. The monoisotopic (exact) mass is 505 g/mol. The maximum atomic E-state index is 11.6. The molecule has 0 amide bonds. The Bertz CT molecular complexity index is 1450. The highest BCUT2D eigenvalue weighted by Crippen LogP contribution is 2.44. The molecule has 2 heterocycles. The zero-order valence-corrected chi connectivity index (χ0v) is 19.4. The molecule has 1 unspecified atom stereocenters. The smallest absolute Gasteiger partial charge is 0.269 e. The van der Waals surface area contributed by atoms with Gasteiger partial charge in [-0.2, -0.15) is 10.5 Å². The van der Waals surface area contributed by atoms with Gasteiger partial charge in [0.1, 0.15) is 29.3 Å². The Morgan fingerprint density at radius 2 is 1.97 bits per heavy atom. The Balaban J connectivity index is 1.87. The number of rotatable bonds is 5. The summed E-state index contributed by atoms with van der Waals surface area (Å²) in [6.45, 7) is 0. The molecule has 4 rings (SSSR count). The molecule has 1 aromatic heterocycles. The molecule has 13 heteroatoms. The first-order valence-corrected chi connectivity index (χ1v) is 11.3. The Hall–Kier alpha value is -4.52. The van der Waals surface area contributed by atoms with Gasteiger partial charge in [-0.3, -0.25) is 15.4 Å². The van der Waals surface area contributed by atoms with E-state index in [0.29, 0.717) is 26.8 Å². The van der Waals surface area contributed by atoms with E-state index in [9.17, 15) is 15.4 Å². The third kappa shape index (κ3) is 4.75. The molecule has 2 aromatic carbocycles. The van der Waals surface area contributed by atoms with E-state index in [-0.39, 0.29) is 34.5 Å². The number of halogens is 1. The lowest BCUT2D eigenvalue weighted by atomic mass is 9.94. The van der Waals surface area contributed by atoms with Crippen molar-refractivity contribution in [1.82, 2.24) is 10.3 Å². The average molecular weight is 506 g/mol. The van der Waals surface area contributed by atoms with Crippen LogP contribution in [0.15, 0.2) is 52.4 Å². The lowest BCUT2D eigenvalue weighted by Crippen LogP contribution is -2.33. The van der Waals surface area contributed by atoms with Crippen LogP contribution in [-0.2, 0) is 5.75 Å². The fourth-order valence-electron chi connectivity index (χ4n) is 3.54. The Morgan fingerprint density at radius 3 is 2.63 bits per heavy atom. The Morgan fingerprint density at radius 1 is 1.23 bits per heavy atom. The van der Waals surface area contributed by atoms with Crippen molar-refractivity contribution in [3.8, 4) is 12.3 Å². The maximum Gasteiger partial charge on any atom is 0.269 e. The largest absolute Gasteiger partial charge is 0.397 e. The van der Waals surface area contributed by atoms with Gasteiger partial charge in [-0.15, -0.1) is 11.8 Å². The molecule has 0 aliphatic carbocycles. The van der Waals surface area contributed by atoms with Gasteiger partial charge < -0.3 is 16.8 Å². The van der Waals surface area contributed by atoms with Crippen LogP contribution >= 0.6 is 23.4 Å². The normalized spacial score (nSPS) is 14.0. The summed E-state index contributed by atoms with van der Waals surface area (Å²) in [6, 6.07) is 12.8. The standard InChI is InChI=1S/C22H16ClN9O2S/c23-12-3-1-11(2-4-12)9-35-16-6-5-13(32(33)34)7-14(16)19-17-18(26)15(8-24)20(27)30-21(17)31-22(29-19)28-10-25/h1-7,19H,9H2,(H6,26,27,28,29,30,31). The van der Waals surface area contributed by atoms with Crippen LogP contribution in [0.25, 0.3) is 0 Å². The maximum absolute atomic E-state index is 11.6. The van der Waals surface area contributed by atoms with Crippen LogP contribution in [0.1, 0.15) is 28.3 Å². The zero-order chi connectivity index (χ0) is 25.1. The van der Waals surface area contributed by atoms with Crippen LogP contribution in [0, 0.1) is 32.9 Å². The number of nitrogens with two attached hydrogens (primary N) is 2. The van der Waals surface area contributed by atoms with E-state index >= 15 is 0 Å². The highest BCUT2D eigenvalue weighted by atomic mass is 35.5. The van der Waals surface area contributed by atoms with Crippen molar-refractivity contribution >= 4 is 52.3 Å². The summed E-state index contributed by atoms with van der Waals surface area (Å²) < 4.78 is 0. The number of nitrogen functional groups attached to an aromatic ring is 2. The van der Waals surface area contributed by atoms with Crippen molar-refractivity contribution < 1.29 is 4.92 Å². The van der Waals surface area contributed by atoms with E-state index in [4.69, 9.17) is 28.3 Å². The first-order chi connectivity index (χ1) is 16.8. The van der Waals surface area contributed by atoms with Crippen molar-refractivity contribution in [3.05, 3.63) is 79.9 Å². The van der Waals surface area contributed by atoms with Crippen LogP contribution in [0.4, 0.5) is 23.0 Å². The number of nitriles is 2. The van der Waals surface area contributed by atoms with E-state index in [1.807, 2.05) is 18.2 Å². The highest BCUT2D eigenvalue weighted by molar-refractivity contribution is 7.98. The number of pyridine rings is 1. The van der Waals surface area contributed by atoms with Crippen LogP contribution in [0.2, 0.25) is 5.02 Å². The second kappa shape index (κ2) is 9.77. The number of aliphatic imine (C=N–C) groups is 1. The van der Waals surface area contributed by atoms with Crippen molar-refractivity contribution in [2.24, 2.45) is 4.99 Å². The molecular formula is C22H16ClN9O2S. The van der Waals surface area contributed by atoms with Gasteiger partial charge >= 0.3 is 0 Å². The molecule has 174 valence electrons. The predicted octanol–water partition coefficient (Wildman–Crippen LogP) is 3.91. The number of thioether (sulfide) groups is 1. The third-order valence-electron chi connectivity index (χ3n) is 5.16. The summed E-state index contributed by atoms with van der Waals surface area (Å²) in [5.41, 5.74) is 13.8. The number of aromatic nitrogens is 1. The number of fused-ring (bicyclic) bond motifs is 1. The quantitative estimate of drug-likeness (QED) is 0.130. The molecule has 0 saturated heterocycles. The van der Waals surface area contributed by atoms with Gasteiger partial charge in [0.15, 0.2) is 6.19 Å². The van der Waals surface area contributed by atoms with Gasteiger partial charge in [0.05, 0.1) is 10.6 Å². The number of non-ortho nitro benzene ring substituents is 1. The minimum Gasteiger partial charge on any atom is -0.397 e. The Labute approximate surface area is 208 Å². The van der Waals surface area contributed by atoms with Crippen molar-refractivity contribution in [2.75, 3.05) is 16.8 Å². The first-order valence-electron chi connectivity index (χ1n) is 9.96. The Kier molecular flexibility index (Phi) is 6.59. The minimum atomic E-state index is -0.907. The molecule has 35 heavy (non-hydrogen) atoms. The first kappa shape index (κ1) is 23.6. The molecular weight excluding hydrogens is 490 g/mol. The number of nitro groups is 1. The number of nitrogens with one attached hydrogen (secondary N) is 2. The number of hydrogen-bond donors (Lipinski definition) is 4. The van der Waals surface area contributed by atoms with Gasteiger partial charge in [-0.05, 0) is 23.8 Å². The molecule has 11 nitrogen and oxygen atoms in total. The molecule has 1 aliphatic rings. The number of nitro benzene ring substituents is 1. The zero-order valence-electron chi connectivity index (χ0n) is 17.8. The molecule has 0 bridgehead atoms. The van der Waals surface area contributed by atoms with Crippen LogP contribution in [-0.4, -0.2) is 15.9 Å². The number of guanidine groups is 1. The van der Waals surface area contributed by atoms with E-state index < -0.39 is 11.0 Å². The summed E-state index contributed by atoms with van der Waals surface area (Å²) >= 11 is 7.41. The van der Waals surface area contributed by atoms with Crippen molar-refractivity contribution in [2.45, 2.75) is 16.7 Å². The summed E-state index contributed by atoms with van der Waals surface area (Å²) in [7, 11) is 0. The molecule has 3 aromatic rings. The second-order valence-electron chi connectivity index (χ2n) is 7.30. The lowest BCUT2D eigenvalue weighted by Gasteiger charge is -2.27. The average Bonchev–Trinajstić information content (AvgIpc) is 2.83. The van der Waals surface area contributed by atoms with E-state index in [0.717, 1.165) is 5.56 Å². The molecule has 0 radical (unpaired) electrons. The third-order valence-corrected chi connectivity index (χ3v) is 6.58. The topological polar surface area (TPSA) is 192 Å². The summed E-state index contributed by atoms with van der Waals surface area (Å²) in [6.07, 6.45) is 1.78. The summed E-state index contributed by atoms with van der Waals surface area (Å²) in [5, 5.41) is 36.1. The van der Waals surface area contributed by atoms with E-state index in [2.05, 4.69) is 20.6 Å². The van der Waals surface area contributed by atoms with Crippen molar-refractivity contribution in [3.63, 3.8) is 0 Å². The molecule has 6 N–H and O–H groups in total. The van der Waals surface area contributed by atoms with Gasteiger partial charge in [0, 0.05) is 38.9 Å². The van der Waals surface area contributed by atoms with E-state index in [1.165, 1.54) is 23.9 Å². The van der Waals surface area contributed by atoms with E-state index in [1.54, 1.807) is 24.4 Å². The number of hydrogen-bond acceptors (Lipinski definition) is 11. The summed E-state index contributed by atoms with van der Waals surface area (Å²) in [4.78, 5) is 20.5. The summed E-state index contributed by atoms with van der Waals surface area (Å²) in [5.74, 6) is 0.703. The number of anilines is 3. The van der Waals surface area contributed by atoms with Crippen LogP contribution < -0.4 is 22.1 Å². The second-order valence-corrected chi connectivity index (χ2v) is 8.75. The number of nitrogens with zero attached hydrogens (tertiary/aromatic N) is 5. The lowest BCUT2D eigenvalue weighted by molar-refractivity contribution is -0.385. The minimum absolute atomic E-state index is 0.0248. The molecule has 0 spiro atoms. The fourth-order valence-corrected chi connectivity index (χ4v) is 4.68. The van der Waals surface area contributed by atoms with Crippen LogP contribution in [0.5, 0.6) is 0 Å². The molecule has 1 atom stereocenters. The fraction of sp³-hybridized carbons (Fsp3) is 0.0909. The van der Waals surface area contributed by atoms with Crippen molar-refractivity contribution in [1.29, 1.82) is 10.5 Å².